The fourth-order valence-corrected chi connectivity index (χ4v) is 4.44. The molecule has 0 bridgehead atoms. The number of carbonyl (C=O) groups excluding carboxylic acids is 3. The Kier molecular flexibility index (Phi) is 7.63. The molecule has 1 aromatic carbocycles. The highest BCUT2D eigenvalue weighted by Crippen LogP contribution is 2.31. The van der Waals surface area contributed by atoms with Gasteiger partial charge in [0.15, 0.2) is 0 Å². The first kappa shape index (κ1) is 21.3. The quantitative estimate of drug-likeness (QED) is 0.354. The summed E-state index contributed by atoms with van der Waals surface area (Å²) < 4.78 is 0. The van der Waals surface area contributed by atoms with Gasteiger partial charge in [-0.05, 0) is 37.3 Å². The Morgan fingerprint density at radius 1 is 1.10 bits per heavy atom. The maximum absolute atomic E-state index is 13.4. The fourth-order valence-electron chi connectivity index (χ4n) is 4.44. The van der Waals surface area contributed by atoms with Crippen LogP contribution in [0.15, 0.2) is 24.3 Å². The first-order valence-electron chi connectivity index (χ1n) is 10.7. The molecule has 158 valence electrons. The number of para-hydroxylation sites is 1. The number of nitrogens with one attached hydrogen (secondary N) is 2. The van der Waals surface area contributed by atoms with Crippen LogP contribution in [0.1, 0.15) is 74.6 Å². The number of fused-ring (bicyclic) bond motifs is 1. The van der Waals surface area contributed by atoms with Gasteiger partial charge < -0.3 is 10.2 Å². The van der Waals surface area contributed by atoms with Gasteiger partial charge in [0.25, 0.3) is 5.91 Å². The Labute approximate surface area is 171 Å². The Balaban J connectivity index is 1.69. The van der Waals surface area contributed by atoms with E-state index in [1.54, 1.807) is 16.4 Å². The number of hydrogen-bond acceptors (Lipinski definition) is 4. The van der Waals surface area contributed by atoms with Crippen molar-refractivity contribution in [3.8, 4) is 0 Å². The fraction of sp³-hybridized carbons (Fsp3) is 0.591. The van der Waals surface area contributed by atoms with E-state index in [1.807, 2.05) is 18.2 Å². The Morgan fingerprint density at radius 2 is 1.86 bits per heavy atom. The topological polar surface area (TPSA) is 98.7 Å². The summed E-state index contributed by atoms with van der Waals surface area (Å²) in [6.45, 7) is 0.507. The van der Waals surface area contributed by atoms with Crippen LogP contribution in [0, 0.1) is 5.92 Å². The first-order valence-corrected chi connectivity index (χ1v) is 10.7. The SMILES string of the molecule is O=C(CCCCCN1C(=O)C(CC2CCCCC2)NC(=O)c2ccccc21)NO. The van der Waals surface area contributed by atoms with Gasteiger partial charge in [-0.25, -0.2) is 5.48 Å². The summed E-state index contributed by atoms with van der Waals surface area (Å²) in [6.07, 6.45) is 8.98. The summed E-state index contributed by atoms with van der Waals surface area (Å²) in [4.78, 5) is 39.0. The number of rotatable bonds is 8. The lowest BCUT2D eigenvalue weighted by Gasteiger charge is -2.29. The van der Waals surface area contributed by atoms with Gasteiger partial charge in [-0.2, -0.15) is 0 Å². The molecule has 1 unspecified atom stereocenters. The zero-order valence-electron chi connectivity index (χ0n) is 16.9. The highest BCUT2D eigenvalue weighted by Gasteiger charge is 2.34. The van der Waals surface area contributed by atoms with Crippen LogP contribution < -0.4 is 15.7 Å². The minimum absolute atomic E-state index is 0.0398. The number of hydroxylamine groups is 1. The molecule has 0 aromatic heterocycles. The van der Waals surface area contributed by atoms with E-state index in [1.165, 1.54) is 19.3 Å². The number of anilines is 1. The number of benzene rings is 1. The van der Waals surface area contributed by atoms with E-state index in [4.69, 9.17) is 5.21 Å². The lowest BCUT2D eigenvalue weighted by Crippen LogP contribution is -2.47. The molecule has 1 aliphatic heterocycles. The summed E-state index contributed by atoms with van der Waals surface area (Å²) in [7, 11) is 0. The minimum atomic E-state index is -0.488. The van der Waals surface area contributed by atoms with Crippen molar-refractivity contribution in [1.82, 2.24) is 10.8 Å². The molecule has 3 rings (SSSR count). The molecular formula is C22H31N3O4. The number of hydrogen-bond donors (Lipinski definition) is 3. The molecule has 0 spiro atoms. The number of carbonyl (C=O) groups is 3. The molecule has 7 heteroatoms. The molecule has 1 aromatic rings. The van der Waals surface area contributed by atoms with Crippen molar-refractivity contribution in [3.05, 3.63) is 29.8 Å². The molecule has 7 nitrogen and oxygen atoms in total. The van der Waals surface area contributed by atoms with Gasteiger partial charge in [-0.15, -0.1) is 0 Å². The van der Waals surface area contributed by atoms with E-state index in [9.17, 15) is 14.4 Å². The van der Waals surface area contributed by atoms with E-state index < -0.39 is 11.9 Å². The molecule has 3 amide bonds. The second-order valence-corrected chi connectivity index (χ2v) is 8.12. The van der Waals surface area contributed by atoms with Crippen molar-refractivity contribution < 1.29 is 19.6 Å². The van der Waals surface area contributed by atoms with Crippen molar-refractivity contribution >= 4 is 23.4 Å². The molecule has 0 saturated heterocycles. The molecule has 1 heterocycles. The van der Waals surface area contributed by atoms with E-state index in [0.29, 0.717) is 36.6 Å². The third kappa shape index (κ3) is 5.56. The van der Waals surface area contributed by atoms with Crippen molar-refractivity contribution in [3.63, 3.8) is 0 Å². The summed E-state index contributed by atoms with van der Waals surface area (Å²) in [5.74, 6) is -0.138. The molecule has 3 N–H and O–H groups in total. The van der Waals surface area contributed by atoms with Crippen LogP contribution >= 0.6 is 0 Å². The maximum atomic E-state index is 13.4. The zero-order chi connectivity index (χ0) is 20.6. The van der Waals surface area contributed by atoms with E-state index in [-0.39, 0.29) is 18.2 Å². The van der Waals surface area contributed by atoms with Gasteiger partial charge in [-0.3, -0.25) is 19.6 Å². The molecule has 1 atom stereocenters. The van der Waals surface area contributed by atoms with Crippen LogP contribution in [-0.2, 0) is 9.59 Å². The Hall–Kier alpha value is -2.41. The number of unbranched alkanes of at least 4 members (excludes halogenated alkanes) is 2. The second kappa shape index (κ2) is 10.4. The van der Waals surface area contributed by atoms with Gasteiger partial charge in [0.2, 0.25) is 11.8 Å². The van der Waals surface area contributed by atoms with Gasteiger partial charge in [-0.1, -0.05) is 50.7 Å². The van der Waals surface area contributed by atoms with Crippen LogP contribution in [0.3, 0.4) is 0 Å². The van der Waals surface area contributed by atoms with Gasteiger partial charge in [0.1, 0.15) is 6.04 Å². The smallest absolute Gasteiger partial charge is 0.254 e. The molecule has 1 saturated carbocycles. The summed E-state index contributed by atoms with van der Waals surface area (Å²) >= 11 is 0. The average molecular weight is 402 g/mol. The third-order valence-electron chi connectivity index (χ3n) is 6.01. The van der Waals surface area contributed by atoms with Crippen LogP contribution in [0.5, 0.6) is 0 Å². The molecule has 1 fully saturated rings. The monoisotopic (exact) mass is 401 g/mol. The highest BCUT2D eigenvalue weighted by molar-refractivity contribution is 6.10. The largest absolute Gasteiger partial charge is 0.340 e. The van der Waals surface area contributed by atoms with E-state index in [2.05, 4.69) is 5.32 Å². The van der Waals surface area contributed by atoms with Crippen LogP contribution in [0.25, 0.3) is 0 Å². The summed E-state index contributed by atoms with van der Waals surface area (Å²) in [5, 5.41) is 11.5. The van der Waals surface area contributed by atoms with E-state index in [0.717, 1.165) is 25.7 Å². The predicted octanol–water partition coefficient (Wildman–Crippen LogP) is 3.17. The van der Waals surface area contributed by atoms with Crippen LogP contribution in [-0.4, -0.2) is 35.5 Å². The van der Waals surface area contributed by atoms with Gasteiger partial charge in [0, 0.05) is 13.0 Å². The third-order valence-corrected chi connectivity index (χ3v) is 6.01. The van der Waals surface area contributed by atoms with Crippen molar-refractivity contribution in [2.75, 3.05) is 11.4 Å². The maximum Gasteiger partial charge on any atom is 0.254 e. The van der Waals surface area contributed by atoms with Gasteiger partial charge >= 0.3 is 0 Å². The van der Waals surface area contributed by atoms with E-state index >= 15 is 0 Å². The molecule has 0 radical (unpaired) electrons. The summed E-state index contributed by atoms with van der Waals surface area (Å²) in [5.41, 5.74) is 2.83. The average Bonchev–Trinajstić information content (AvgIpc) is 2.84. The highest BCUT2D eigenvalue weighted by atomic mass is 16.5. The van der Waals surface area contributed by atoms with Crippen molar-refractivity contribution in [1.29, 1.82) is 0 Å². The normalized spacial score (nSPS) is 20.0. The number of amides is 3. The Morgan fingerprint density at radius 3 is 2.62 bits per heavy atom. The lowest BCUT2D eigenvalue weighted by atomic mass is 9.84. The number of nitrogens with zero attached hydrogens (tertiary/aromatic N) is 1. The lowest BCUT2D eigenvalue weighted by molar-refractivity contribution is -0.129. The van der Waals surface area contributed by atoms with Gasteiger partial charge in [0.05, 0.1) is 11.3 Å². The van der Waals surface area contributed by atoms with Crippen LogP contribution in [0.4, 0.5) is 5.69 Å². The first-order chi connectivity index (χ1) is 14.1. The minimum Gasteiger partial charge on any atom is -0.340 e. The predicted molar refractivity (Wildman–Crippen MR) is 110 cm³/mol. The Bertz CT molecular complexity index is 731. The molecular weight excluding hydrogens is 370 g/mol. The van der Waals surface area contributed by atoms with Crippen LogP contribution in [0.2, 0.25) is 0 Å². The molecule has 29 heavy (non-hydrogen) atoms. The zero-order valence-corrected chi connectivity index (χ0v) is 16.9. The second-order valence-electron chi connectivity index (χ2n) is 8.12. The van der Waals surface area contributed by atoms with Crippen molar-refractivity contribution in [2.24, 2.45) is 5.92 Å². The van der Waals surface area contributed by atoms with Crippen molar-refractivity contribution in [2.45, 2.75) is 70.3 Å². The summed E-state index contributed by atoms with van der Waals surface area (Å²) in [6, 6.07) is 6.77. The molecule has 2 aliphatic rings. The standard InChI is InChI=1S/C22H31N3O4/c26-20(24-29)13-5-2-8-14-25-19-12-7-6-11-17(19)21(27)23-18(22(25)28)15-16-9-3-1-4-10-16/h6-7,11-12,16,18,29H,1-5,8-10,13-15H2,(H,23,27)(H,24,26). The molecule has 1 aliphatic carbocycles.